The Labute approximate surface area is 177 Å². The summed E-state index contributed by atoms with van der Waals surface area (Å²) in [6.07, 6.45) is 3.69. The number of methoxy groups -OCH3 is 1. The van der Waals surface area contributed by atoms with Crippen molar-refractivity contribution < 1.29 is 19.1 Å². The minimum Gasteiger partial charge on any atom is -0.497 e. The van der Waals surface area contributed by atoms with Crippen molar-refractivity contribution in [3.05, 3.63) is 53.6 Å². The fourth-order valence-electron chi connectivity index (χ4n) is 2.84. The Morgan fingerprint density at radius 2 is 1.79 bits per heavy atom. The Morgan fingerprint density at radius 1 is 1.10 bits per heavy atom. The van der Waals surface area contributed by atoms with Crippen LogP contribution < -0.4 is 14.8 Å². The zero-order valence-corrected chi connectivity index (χ0v) is 18.5. The largest absolute Gasteiger partial charge is 0.497 e. The van der Waals surface area contributed by atoms with Gasteiger partial charge in [0.25, 0.3) is 0 Å². The lowest BCUT2D eigenvalue weighted by Crippen LogP contribution is -2.42. The van der Waals surface area contributed by atoms with Gasteiger partial charge in [-0.1, -0.05) is 12.1 Å². The van der Waals surface area contributed by atoms with Crippen molar-refractivity contribution in [3.63, 3.8) is 0 Å². The number of Topliss-reactive ketones (excluding diaryl/α,β-unsaturated/α-hetero) is 1. The predicted octanol–water partition coefficient (Wildman–Crippen LogP) is 4.53. The number of thioether (sulfide) groups is 1. The molecule has 2 rings (SSSR count). The fourth-order valence-corrected chi connectivity index (χ4v) is 3.39. The first-order chi connectivity index (χ1) is 13.7. The third-order valence-electron chi connectivity index (χ3n) is 4.66. The van der Waals surface area contributed by atoms with Gasteiger partial charge in [-0.2, -0.15) is 0 Å². The maximum Gasteiger partial charge on any atom is 0.308 e. The molecule has 2 aromatic carbocycles. The van der Waals surface area contributed by atoms with Crippen LogP contribution in [-0.4, -0.2) is 37.2 Å². The lowest BCUT2D eigenvalue weighted by molar-refractivity contribution is -0.132. The average Bonchev–Trinajstić information content (AvgIpc) is 2.71. The molecule has 0 fully saturated rings. The highest BCUT2D eigenvalue weighted by atomic mass is 32.2. The minimum atomic E-state index is -0.375. The van der Waals surface area contributed by atoms with Gasteiger partial charge in [-0.05, 0) is 68.8 Å². The van der Waals surface area contributed by atoms with Crippen LogP contribution in [0.2, 0.25) is 0 Å². The van der Waals surface area contributed by atoms with Gasteiger partial charge in [0.2, 0.25) is 0 Å². The van der Waals surface area contributed by atoms with E-state index in [0.29, 0.717) is 11.3 Å². The quantitative estimate of drug-likeness (QED) is 0.266. The monoisotopic (exact) mass is 415 g/mol. The van der Waals surface area contributed by atoms with E-state index in [2.05, 4.69) is 31.3 Å². The lowest BCUT2D eigenvalue weighted by atomic mass is 9.95. The first-order valence-electron chi connectivity index (χ1n) is 9.51. The SMILES string of the molecule is COc1ccc(CCC(C)(C)NCC(=O)c2ccc(OC(C)=O)c(SC)c2)cc1. The van der Waals surface area contributed by atoms with Gasteiger partial charge >= 0.3 is 5.97 Å². The summed E-state index contributed by atoms with van der Waals surface area (Å²) in [7, 11) is 1.66. The number of hydrogen-bond donors (Lipinski definition) is 1. The van der Waals surface area contributed by atoms with Gasteiger partial charge in [-0.25, -0.2) is 0 Å². The summed E-state index contributed by atoms with van der Waals surface area (Å²) >= 11 is 1.44. The molecule has 0 bridgehead atoms. The van der Waals surface area contributed by atoms with Crippen LogP contribution in [0.4, 0.5) is 0 Å². The molecule has 1 N–H and O–H groups in total. The van der Waals surface area contributed by atoms with E-state index >= 15 is 0 Å². The van der Waals surface area contributed by atoms with Crippen LogP contribution >= 0.6 is 11.8 Å². The number of aryl methyl sites for hydroxylation is 1. The van der Waals surface area contributed by atoms with E-state index in [1.54, 1.807) is 25.3 Å². The third kappa shape index (κ3) is 7.22. The molecule has 0 spiro atoms. The summed E-state index contributed by atoms with van der Waals surface area (Å²) in [5.41, 5.74) is 1.65. The maximum absolute atomic E-state index is 12.6. The number of carbonyl (C=O) groups excluding carboxylic acids is 2. The Kier molecular flexibility index (Phi) is 8.29. The topological polar surface area (TPSA) is 64.6 Å². The molecule has 0 unspecified atom stereocenters. The number of ether oxygens (including phenoxy) is 2. The molecule has 0 radical (unpaired) electrons. The smallest absolute Gasteiger partial charge is 0.308 e. The minimum absolute atomic E-state index is 0.00666. The second-order valence-corrected chi connectivity index (χ2v) is 8.32. The molecule has 0 saturated carbocycles. The van der Waals surface area contributed by atoms with Gasteiger partial charge in [0, 0.05) is 18.0 Å². The molecule has 6 heteroatoms. The van der Waals surface area contributed by atoms with E-state index in [1.165, 1.54) is 24.2 Å². The van der Waals surface area contributed by atoms with Crippen LogP contribution in [0.1, 0.15) is 43.1 Å². The molecule has 0 heterocycles. The Hall–Kier alpha value is -2.31. The molecule has 156 valence electrons. The standard InChI is InChI=1S/C23H29NO4S/c1-16(25)28-21-11-8-18(14-22(21)29-5)20(26)15-24-23(2,3)13-12-17-6-9-19(27-4)10-7-17/h6-11,14,24H,12-13,15H2,1-5H3. The van der Waals surface area contributed by atoms with Gasteiger partial charge in [-0.3, -0.25) is 9.59 Å². The lowest BCUT2D eigenvalue weighted by Gasteiger charge is -2.26. The molecular weight excluding hydrogens is 386 g/mol. The van der Waals surface area contributed by atoms with E-state index in [0.717, 1.165) is 23.5 Å². The highest BCUT2D eigenvalue weighted by Crippen LogP contribution is 2.29. The zero-order chi connectivity index (χ0) is 21.4. The van der Waals surface area contributed by atoms with Crippen molar-refractivity contribution in [3.8, 4) is 11.5 Å². The van der Waals surface area contributed by atoms with E-state index in [1.807, 2.05) is 18.4 Å². The predicted molar refractivity (Wildman–Crippen MR) is 117 cm³/mol. The molecule has 0 aliphatic carbocycles. The van der Waals surface area contributed by atoms with E-state index < -0.39 is 0 Å². The van der Waals surface area contributed by atoms with Crippen LogP contribution in [0, 0.1) is 0 Å². The first kappa shape index (κ1) is 23.0. The van der Waals surface area contributed by atoms with Crippen LogP contribution in [0.3, 0.4) is 0 Å². The summed E-state index contributed by atoms with van der Waals surface area (Å²) in [5.74, 6) is 0.960. The molecule has 0 aliphatic rings. The molecular formula is C23H29NO4S. The summed E-state index contributed by atoms with van der Waals surface area (Å²) in [6.45, 7) is 5.80. The van der Waals surface area contributed by atoms with E-state index in [4.69, 9.17) is 9.47 Å². The van der Waals surface area contributed by atoms with Crippen molar-refractivity contribution in [1.29, 1.82) is 0 Å². The zero-order valence-electron chi connectivity index (χ0n) is 17.7. The van der Waals surface area contributed by atoms with E-state index in [9.17, 15) is 9.59 Å². The summed E-state index contributed by atoms with van der Waals surface area (Å²) in [5, 5.41) is 3.37. The Morgan fingerprint density at radius 3 is 2.38 bits per heavy atom. The van der Waals surface area contributed by atoms with Gasteiger partial charge in [-0.15, -0.1) is 11.8 Å². The Balaban J connectivity index is 1.93. The second-order valence-electron chi connectivity index (χ2n) is 7.47. The number of nitrogens with one attached hydrogen (secondary N) is 1. The third-order valence-corrected chi connectivity index (χ3v) is 5.42. The number of ketones is 1. The number of rotatable bonds is 10. The van der Waals surface area contributed by atoms with Crippen molar-refractivity contribution in [2.24, 2.45) is 0 Å². The van der Waals surface area contributed by atoms with Crippen LogP contribution in [0.5, 0.6) is 11.5 Å². The highest BCUT2D eigenvalue weighted by Gasteiger charge is 2.19. The fraction of sp³-hybridized carbons (Fsp3) is 0.391. The number of esters is 1. The van der Waals surface area contributed by atoms with Crippen molar-refractivity contribution in [2.45, 2.75) is 44.0 Å². The van der Waals surface area contributed by atoms with E-state index in [-0.39, 0.29) is 23.8 Å². The highest BCUT2D eigenvalue weighted by molar-refractivity contribution is 7.98. The molecule has 0 aromatic heterocycles. The van der Waals surface area contributed by atoms with Crippen LogP contribution in [0.15, 0.2) is 47.4 Å². The van der Waals surface area contributed by atoms with Gasteiger partial charge < -0.3 is 14.8 Å². The van der Waals surface area contributed by atoms with Crippen molar-refractivity contribution >= 4 is 23.5 Å². The summed E-state index contributed by atoms with van der Waals surface area (Å²) < 4.78 is 10.4. The Bertz CT molecular complexity index is 846. The second kappa shape index (κ2) is 10.5. The molecule has 0 aliphatic heterocycles. The maximum atomic E-state index is 12.6. The van der Waals surface area contributed by atoms with Gasteiger partial charge in [0.1, 0.15) is 11.5 Å². The van der Waals surface area contributed by atoms with Crippen molar-refractivity contribution in [2.75, 3.05) is 19.9 Å². The molecule has 0 amide bonds. The molecule has 29 heavy (non-hydrogen) atoms. The van der Waals surface area contributed by atoms with Crippen molar-refractivity contribution in [1.82, 2.24) is 5.32 Å². The molecule has 0 saturated heterocycles. The molecule has 0 atom stereocenters. The summed E-state index contributed by atoms with van der Waals surface area (Å²) in [6, 6.07) is 13.2. The summed E-state index contributed by atoms with van der Waals surface area (Å²) in [4.78, 5) is 24.6. The molecule has 5 nitrogen and oxygen atoms in total. The first-order valence-corrected chi connectivity index (χ1v) is 10.7. The normalized spacial score (nSPS) is 11.2. The number of hydrogen-bond acceptors (Lipinski definition) is 6. The number of benzene rings is 2. The number of carbonyl (C=O) groups is 2. The van der Waals surface area contributed by atoms with Gasteiger partial charge in [0.05, 0.1) is 18.6 Å². The molecule has 2 aromatic rings. The average molecular weight is 416 g/mol. The van der Waals surface area contributed by atoms with Crippen LogP contribution in [0.25, 0.3) is 0 Å². The van der Waals surface area contributed by atoms with Gasteiger partial charge in [0.15, 0.2) is 5.78 Å². The van der Waals surface area contributed by atoms with Crippen LogP contribution in [-0.2, 0) is 11.2 Å².